The normalized spacial score (nSPS) is 19.6. The second kappa shape index (κ2) is 11.6. The van der Waals surface area contributed by atoms with Crippen molar-refractivity contribution in [1.29, 1.82) is 0 Å². The third-order valence-electron chi connectivity index (χ3n) is 6.89. The number of amides is 2. The number of benzene rings is 3. The number of hydrogen-bond donors (Lipinski definition) is 1. The van der Waals surface area contributed by atoms with Gasteiger partial charge in [-0.3, -0.25) is 9.59 Å². The lowest BCUT2D eigenvalue weighted by Gasteiger charge is -2.38. The van der Waals surface area contributed by atoms with Gasteiger partial charge in [-0.25, -0.2) is 8.42 Å². The van der Waals surface area contributed by atoms with Crippen LogP contribution in [0.1, 0.15) is 18.4 Å². The van der Waals surface area contributed by atoms with Crippen LogP contribution in [0, 0.1) is 5.92 Å². The minimum atomic E-state index is -3.97. The quantitative estimate of drug-likeness (QED) is 0.458. The van der Waals surface area contributed by atoms with Gasteiger partial charge >= 0.3 is 0 Å². The fourth-order valence-electron chi connectivity index (χ4n) is 4.88. The maximum atomic E-state index is 13.9. The van der Waals surface area contributed by atoms with Crippen molar-refractivity contribution in [3.05, 3.63) is 88.4 Å². The van der Waals surface area contributed by atoms with Gasteiger partial charge in [0, 0.05) is 24.7 Å². The zero-order valence-corrected chi connectivity index (χ0v) is 23.3. The number of piperidine rings is 1. The zero-order chi connectivity index (χ0) is 27.6. The molecule has 8 nitrogen and oxygen atoms in total. The fourth-order valence-corrected chi connectivity index (χ4v) is 7.14. The molecule has 2 aliphatic heterocycles. The summed E-state index contributed by atoms with van der Waals surface area (Å²) in [4.78, 5) is 28.4. The highest BCUT2D eigenvalue weighted by molar-refractivity contribution is 7.89. The van der Waals surface area contributed by atoms with E-state index in [1.165, 1.54) is 22.5 Å². The number of hydrogen-bond acceptors (Lipinski definition) is 5. The minimum absolute atomic E-state index is 0.00555. The third-order valence-corrected chi connectivity index (χ3v) is 9.47. The number of halogens is 2. The van der Waals surface area contributed by atoms with Crippen LogP contribution in [0.3, 0.4) is 0 Å². The molecule has 1 fully saturated rings. The van der Waals surface area contributed by atoms with Crippen molar-refractivity contribution in [2.75, 3.05) is 24.5 Å². The van der Waals surface area contributed by atoms with Crippen LogP contribution in [0.25, 0.3) is 0 Å². The molecule has 11 heteroatoms. The van der Waals surface area contributed by atoms with E-state index in [2.05, 4.69) is 5.32 Å². The van der Waals surface area contributed by atoms with Crippen LogP contribution < -0.4 is 15.0 Å². The van der Waals surface area contributed by atoms with Crippen LogP contribution >= 0.6 is 23.2 Å². The Labute approximate surface area is 237 Å². The number of fused-ring (bicyclic) bond motifs is 1. The van der Waals surface area contributed by atoms with E-state index < -0.39 is 22.0 Å². The minimum Gasteiger partial charge on any atom is -0.477 e. The molecular weight excluding hydrogens is 561 g/mol. The van der Waals surface area contributed by atoms with Gasteiger partial charge in [0.1, 0.15) is 10.6 Å². The average molecular weight is 589 g/mol. The van der Waals surface area contributed by atoms with Gasteiger partial charge in [-0.05, 0) is 48.7 Å². The van der Waals surface area contributed by atoms with Crippen LogP contribution in [0.2, 0.25) is 10.0 Å². The summed E-state index contributed by atoms with van der Waals surface area (Å²) >= 11 is 12.2. The van der Waals surface area contributed by atoms with Gasteiger partial charge in [-0.1, -0.05) is 65.7 Å². The first-order chi connectivity index (χ1) is 18.7. The topological polar surface area (TPSA) is 96.0 Å². The first kappa shape index (κ1) is 27.5. The summed E-state index contributed by atoms with van der Waals surface area (Å²) in [5.41, 5.74) is 1.49. The van der Waals surface area contributed by atoms with Crippen LogP contribution in [0.4, 0.5) is 5.69 Å². The molecule has 3 aromatic rings. The van der Waals surface area contributed by atoms with Gasteiger partial charge in [-0.2, -0.15) is 4.31 Å². The van der Waals surface area contributed by atoms with Crippen LogP contribution in [0.5, 0.6) is 5.75 Å². The predicted molar refractivity (Wildman–Crippen MR) is 149 cm³/mol. The number of nitrogens with one attached hydrogen (secondary N) is 1. The van der Waals surface area contributed by atoms with E-state index in [0.29, 0.717) is 30.8 Å². The number of sulfonamides is 1. The van der Waals surface area contributed by atoms with Crippen molar-refractivity contribution < 1.29 is 22.7 Å². The Morgan fingerprint density at radius 3 is 2.51 bits per heavy atom. The molecule has 0 unspecified atom stereocenters. The van der Waals surface area contributed by atoms with Crippen molar-refractivity contribution in [1.82, 2.24) is 9.62 Å². The highest BCUT2D eigenvalue weighted by Crippen LogP contribution is 2.36. The second-order valence-electron chi connectivity index (χ2n) is 9.50. The molecule has 2 aliphatic rings. The molecule has 0 aromatic heterocycles. The number of anilines is 1. The van der Waals surface area contributed by atoms with Gasteiger partial charge in [0.25, 0.3) is 5.91 Å². The van der Waals surface area contributed by atoms with Crippen molar-refractivity contribution >= 4 is 50.7 Å². The molecule has 3 aromatic carbocycles. The van der Waals surface area contributed by atoms with Crippen molar-refractivity contribution in [2.24, 2.45) is 5.92 Å². The first-order valence-electron chi connectivity index (χ1n) is 12.6. The molecule has 0 bridgehead atoms. The number of rotatable bonds is 6. The molecule has 0 saturated carbocycles. The summed E-state index contributed by atoms with van der Waals surface area (Å²) in [6.45, 7) is 0.601. The molecule has 0 aliphatic carbocycles. The third kappa shape index (κ3) is 5.91. The molecule has 204 valence electrons. The summed E-state index contributed by atoms with van der Waals surface area (Å²) in [5, 5.41) is 3.20. The molecule has 5 rings (SSSR count). The number of ether oxygens (including phenoxy) is 1. The first-order valence-corrected chi connectivity index (χ1v) is 14.8. The van der Waals surface area contributed by atoms with Crippen molar-refractivity contribution in [2.45, 2.75) is 30.4 Å². The van der Waals surface area contributed by atoms with E-state index >= 15 is 0 Å². The lowest BCUT2D eigenvalue weighted by Crippen LogP contribution is -2.53. The molecule has 1 N–H and O–H groups in total. The Balaban J connectivity index is 1.34. The Hall–Kier alpha value is -3.11. The number of carbonyl (C=O) groups excluding carboxylic acids is 2. The largest absolute Gasteiger partial charge is 0.477 e. The van der Waals surface area contributed by atoms with E-state index in [0.717, 1.165) is 5.56 Å². The summed E-state index contributed by atoms with van der Waals surface area (Å²) < 4.78 is 34.1. The molecule has 1 saturated heterocycles. The lowest BCUT2D eigenvalue weighted by atomic mass is 9.97. The molecule has 2 amide bonds. The molecule has 2 atom stereocenters. The maximum absolute atomic E-state index is 13.9. The average Bonchev–Trinajstić information content (AvgIpc) is 2.96. The van der Waals surface area contributed by atoms with Crippen molar-refractivity contribution in [3.8, 4) is 5.75 Å². The summed E-state index contributed by atoms with van der Waals surface area (Å²) in [5.74, 6) is -0.785. The number of para-hydroxylation sites is 2. The molecule has 0 radical (unpaired) electrons. The maximum Gasteiger partial charge on any atom is 0.263 e. The van der Waals surface area contributed by atoms with Crippen LogP contribution in [0.15, 0.2) is 77.7 Å². The number of carbonyl (C=O) groups is 2. The SMILES string of the molecule is O=C(NCc1ccccc1)[C@@H]1CN(C(=O)[C@@H]2CCCN(S(=O)(=O)c3cc(Cl)ccc3Cl)C2)c2ccccc2O1. The van der Waals surface area contributed by atoms with E-state index in [1.807, 2.05) is 30.3 Å². The monoisotopic (exact) mass is 587 g/mol. The fraction of sp³-hybridized carbons (Fsp3) is 0.286. The van der Waals surface area contributed by atoms with E-state index in [4.69, 9.17) is 27.9 Å². The summed E-state index contributed by atoms with van der Waals surface area (Å²) in [6.07, 6.45) is 0.0977. The molecule has 0 spiro atoms. The lowest BCUT2D eigenvalue weighted by molar-refractivity contribution is -0.129. The Morgan fingerprint density at radius 2 is 1.72 bits per heavy atom. The smallest absolute Gasteiger partial charge is 0.263 e. The van der Waals surface area contributed by atoms with Crippen molar-refractivity contribution in [3.63, 3.8) is 0 Å². The highest BCUT2D eigenvalue weighted by Gasteiger charge is 2.40. The highest BCUT2D eigenvalue weighted by atomic mass is 35.5. The molecular formula is C28H27Cl2N3O5S. The summed E-state index contributed by atoms with van der Waals surface area (Å²) in [7, 11) is -3.97. The molecule has 2 heterocycles. The summed E-state index contributed by atoms with van der Waals surface area (Å²) in [6, 6.07) is 20.8. The second-order valence-corrected chi connectivity index (χ2v) is 12.3. The van der Waals surface area contributed by atoms with Gasteiger partial charge in [0.2, 0.25) is 15.9 Å². The molecule has 39 heavy (non-hydrogen) atoms. The van der Waals surface area contributed by atoms with Gasteiger partial charge in [0.15, 0.2) is 6.10 Å². The standard InChI is InChI=1S/C28H27Cl2N3O5S/c29-21-12-13-22(30)26(15-21)39(36,37)32-14-6-9-20(17-32)28(35)33-18-25(38-24-11-5-4-10-23(24)33)27(34)31-16-19-7-2-1-3-8-19/h1-5,7-8,10-13,15,20,25H,6,9,14,16-18H2,(H,31,34)/t20-,25+/m1/s1. The van der Waals surface area contributed by atoms with Gasteiger partial charge in [0.05, 0.1) is 23.2 Å². The van der Waals surface area contributed by atoms with E-state index in [9.17, 15) is 18.0 Å². The van der Waals surface area contributed by atoms with Gasteiger partial charge in [-0.15, -0.1) is 0 Å². The number of nitrogens with zero attached hydrogens (tertiary/aromatic N) is 2. The van der Waals surface area contributed by atoms with Crippen LogP contribution in [-0.4, -0.2) is 50.3 Å². The zero-order valence-electron chi connectivity index (χ0n) is 20.9. The van der Waals surface area contributed by atoms with E-state index in [1.54, 1.807) is 29.2 Å². The Bertz CT molecular complexity index is 1490. The Morgan fingerprint density at radius 1 is 0.974 bits per heavy atom. The predicted octanol–water partition coefficient (Wildman–Crippen LogP) is 4.50. The Kier molecular flexibility index (Phi) is 8.13. The van der Waals surface area contributed by atoms with E-state index in [-0.39, 0.29) is 46.4 Å². The van der Waals surface area contributed by atoms with Crippen LogP contribution in [-0.2, 0) is 26.2 Å². The van der Waals surface area contributed by atoms with Gasteiger partial charge < -0.3 is 15.0 Å².